The summed E-state index contributed by atoms with van der Waals surface area (Å²) >= 11 is 0. The van der Waals surface area contributed by atoms with Crippen LogP contribution in [0.15, 0.2) is 42.9 Å². The first-order chi connectivity index (χ1) is 13.4. The van der Waals surface area contributed by atoms with Crippen molar-refractivity contribution in [1.29, 1.82) is 0 Å². The van der Waals surface area contributed by atoms with Crippen LogP contribution in [0.2, 0.25) is 0 Å². The van der Waals surface area contributed by atoms with Gasteiger partial charge in [0.1, 0.15) is 11.4 Å². The zero-order valence-electron chi connectivity index (χ0n) is 15.3. The highest BCUT2D eigenvalue weighted by atomic mass is 16.1. The van der Waals surface area contributed by atoms with E-state index in [1.807, 2.05) is 31.2 Å². The number of hydrogen-bond acceptors (Lipinski definition) is 8. The molecule has 2 aromatic heterocycles. The van der Waals surface area contributed by atoms with Gasteiger partial charge in [0, 0.05) is 23.5 Å². The van der Waals surface area contributed by atoms with Crippen LogP contribution in [0.3, 0.4) is 0 Å². The number of nitrogens with zero attached hydrogens (tertiary/aromatic N) is 5. The van der Waals surface area contributed by atoms with Crippen molar-refractivity contribution >= 4 is 23.4 Å². The van der Waals surface area contributed by atoms with Crippen molar-refractivity contribution in [3.63, 3.8) is 0 Å². The quantitative estimate of drug-likeness (QED) is 0.478. The van der Waals surface area contributed by atoms with Crippen molar-refractivity contribution in [3.05, 3.63) is 48.4 Å². The van der Waals surface area contributed by atoms with Gasteiger partial charge < -0.3 is 22.1 Å². The second-order valence-electron chi connectivity index (χ2n) is 6.91. The van der Waals surface area contributed by atoms with E-state index in [1.165, 1.54) is 11.0 Å². The normalized spacial score (nSPS) is 15.6. The number of primary amides is 1. The van der Waals surface area contributed by atoms with Gasteiger partial charge in [-0.2, -0.15) is 20.0 Å². The molecule has 0 radical (unpaired) electrons. The lowest BCUT2D eigenvalue weighted by Crippen LogP contribution is -2.40. The van der Waals surface area contributed by atoms with Crippen molar-refractivity contribution in [2.75, 3.05) is 10.6 Å². The predicted octanol–water partition coefficient (Wildman–Crippen LogP) is 1.19. The van der Waals surface area contributed by atoms with Gasteiger partial charge in [-0.05, 0) is 38.0 Å². The molecule has 28 heavy (non-hydrogen) atoms. The lowest BCUT2D eigenvalue weighted by Gasteiger charge is -2.21. The molecule has 6 N–H and O–H groups in total. The van der Waals surface area contributed by atoms with Crippen LogP contribution in [0, 0.1) is 0 Å². The summed E-state index contributed by atoms with van der Waals surface area (Å²) < 4.78 is 0. The topological polar surface area (TPSA) is 150 Å². The Hall–Kier alpha value is -3.53. The van der Waals surface area contributed by atoms with E-state index in [2.05, 4.69) is 30.8 Å². The summed E-state index contributed by atoms with van der Waals surface area (Å²) in [6, 6.07) is 7.40. The maximum absolute atomic E-state index is 11.8. The fourth-order valence-corrected chi connectivity index (χ4v) is 2.84. The monoisotopic (exact) mass is 379 g/mol. The Morgan fingerprint density at radius 1 is 1.29 bits per heavy atom. The molecule has 1 atom stereocenters. The molecule has 4 rings (SSSR count). The van der Waals surface area contributed by atoms with Gasteiger partial charge in [-0.15, -0.1) is 0 Å². The Balaban J connectivity index is 1.61. The molecule has 0 saturated heterocycles. The summed E-state index contributed by atoms with van der Waals surface area (Å²) in [5, 5.41) is 14.6. The van der Waals surface area contributed by atoms with Gasteiger partial charge in [-0.3, -0.25) is 4.79 Å². The number of anilines is 3. The summed E-state index contributed by atoms with van der Waals surface area (Å²) in [4.78, 5) is 21.9. The van der Waals surface area contributed by atoms with Gasteiger partial charge in [-0.25, -0.2) is 4.98 Å². The van der Waals surface area contributed by atoms with E-state index in [9.17, 15) is 4.79 Å². The van der Waals surface area contributed by atoms with Crippen molar-refractivity contribution < 1.29 is 4.79 Å². The number of benzene rings is 1. The van der Waals surface area contributed by atoms with Crippen LogP contribution in [0.25, 0.3) is 5.69 Å². The molecule has 1 saturated carbocycles. The highest BCUT2D eigenvalue weighted by Gasteiger charge is 2.43. The van der Waals surface area contributed by atoms with Crippen LogP contribution in [-0.4, -0.2) is 42.4 Å². The molecule has 1 aliphatic carbocycles. The van der Waals surface area contributed by atoms with E-state index in [-0.39, 0.29) is 17.1 Å². The fraction of sp³-hybridized carbons (Fsp3) is 0.278. The maximum Gasteiger partial charge on any atom is 0.254 e. The van der Waals surface area contributed by atoms with Crippen molar-refractivity contribution in [2.24, 2.45) is 11.5 Å². The van der Waals surface area contributed by atoms with E-state index in [1.54, 1.807) is 12.4 Å². The van der Waals surface area contributed by atoms with Gasteiger partial charge in [0.05, 0.1) is 18.1 Å². The third-order valence-electron chi connectivity index (χ3n) is 4.85. The molecule has 1 aliphatic rings. The number of hydrogen-bond donors (Lipinski definition) is 4. The average Bonchev–Trinajstić information content (AvgIpc) is 3.19. The molecule has 3 aromatic rings. The number of rotatable bonds is 7. The molecule has 1 amide bonds. The van der Waals surface area contributed by atoms with Crippen molar-refractivity contribution in [1.82, 2.24) is 25.0 Å². The lowest BCUT2D eigenvalue weighted by atomic mass is 10.1. The molecule has 0 spiro atoms. The van der Waals surface area contributed by atoms with E-state index in [0.29, 0.717) is 17.5 Å². The van der Waals surface area contributed by atoms with Crippen molar-refractivity contribution in [2.45, 2.75) is 31.3 Å². The number of amides is 1. The van der Waals surface area contributed by atoms with Crippen molar-refractivity contribution in [3.8, 4) is 5.69 Å². The molecule has 2 heterocycles. The second kappa shape index (κ2) is 6.89. The lowest BCUT2D eigenvalue weighted by molar-refractivity contribution is 0.100. The zero-order chi connectivity index (χ0) is 19.7. The molecule has 10 heteroatoms. The third kappa shape index (κ3) is 3.62. The highest BCUT2D eigenvalue weighted by molar-refractivity contribution is 5.98. The largest absolute Gasteiger partial charge is 0.365 e. The second-order valence-corrected chi connectivity index (χ2v) is 6.91. The number of carbonyl (C=O) groups is 1. The summed E-state index contributed by atoms with van der Waals surface area (Å²) in [7, 11) is 0. The van der Waals surface area contributed by atoms with Crippen LogP contribution in [0.5, 0.6) is 0 Å². The Kier molecular flexibility index (Phi) is 4.40. The van der Waals surface area contributed by atoms with Gasteiger partial charge in [0.25, 0.3) is 5.91 Å². The summed E-state index contributed by atoms with van der Waals surface area (Å²) in [5.74, 6) is 0.0655. The zero-order valence-corrected chi connectivity index (χ0v) is 15.3. The Morgan fingerprint density at radius 2 is 2.04 bits per heavy atom. The molecular weight excluding hydrogens is 358 g/mol. The van der Waals surface area contributed by atoms with Gasteiger partial charge in [0.2, 0.25) is 5.95 Å². The maximum atomic E-state index is 11.8. The Morgan fingerprint density at radius 3 is 2.71 bits per heavy atom. The minimum Gasteiger partial charge on any atom is -0.365 e. The van der Waals surface area contributed by atoms with E-state index < -0.39 is 5.91 Å². The predicted molar refractivity (Wildman–Crippen MR) is 104 cm³/mol. The first kappa shape index (κ1) is 17.9. The summed E-state index contributed by atoms with van der Waals surface area (Å²) in [5.41, 5.74) is 13.1. The number of nitrogens with one attached hydrogen (secondary N) is 2. The first-order valence-corrected chi connectivity index (χ1v) is 8.91. The standard InChI is InChI=1S/C18H21N9O/c1-11(18(20)5-6-18)24-17-21-10-14(15(19)28)16(26-17)25-12-3-2-4-13(9-12)27-22-7-8-23-27/h2-4,7-11H,5-6,20H2,1H3,(H2,19,28)(H2,21,24,25,26)/t11-/m1/s1. The first-order valence-electron chi connectivity index (χ1n) is 8.91. The number of nitrogens with two attached hydrogens (primary N) is 2. The third-order valence-corrected chi connectivity index (χ3v) is 4.85. The van der Waals surface area contributed by atoms with Gasteiger partial charge >= 0.3 is 0 Å². The smallest absolute Gasteiger partial charge is 0.254 e. The molecule has 144 valence electrons. The summed E-state index contributed by atoms with van der Waals surface area (Å²) in [6.07, 6.45) is 6.51. The molecular formula is C18H21N9O. The SMILES string of the molecule is C[C@@H](Nc1ncc(C(N)=O)c(Nc2cccc(-n3nccn3)c2)n1)C1(N)CC1. The van der Waals surface area contributed by atoms with E-state index >= 15 is 0 Å². The van der Waals surface area contributed by atoms with Crippen LogP contribution in [0.4, 0.5) is 17.5 Å². The molecule has 0 unspecified atom stereocenters. The molecule has 0 aliphatic heterocycles. The van der Waals surface area contributed by atoms with Gasteiger partial charge in [-0.1, -0.05) is 6.07 Å². The Labute approximate surface area is 161 Å². The molecule has 1 aromatic carbocycles. The fourth-order valence-electron chi connectivity index (χ4n) is 2.84. The van der Waals surface area contributed by atoms with Crippen LogP contribution < -0.4 is 22.1 Å². The minimum atomic E-state index is -0.621. The van der Waals surface area contributed by atoms with Crippen LogP contribution in [0.1, 0.15) is 30.1 Å². The van der Waals surface area contributed by atoms with Crippen LogP contribution in [-0.2, 0) is 0 Å². The molecule has 10 nitrogen and oxygen atoms in total. The molecule has 0 bridgehead atoms. The van der Waals surface area contributed by atoms with E-state index in [0.717, 1.165) is 18.5 Å². The van der Waals surface area contributed by atoms with Crippen LogP contribution >= 0.6 is 0 Å². The van der Waals surface area contributed by atoms with E-state index in [4.69, 9.17) is 11.5 Å². The highest BCUT2D eigenvalue weighted by Crippen LogP contribution is 2.36. The number of carbonyl (C=O) groups excluding carboxylic acids is 1. The number of aromatic nitrogens is 5. The minimum absolute atomic E-state index is 0.00833. The summed E-state index contributed by atoms with van der Waals surface area (Å²) in [6.45, 7) is 1.99. The Bertz CT molecular complexity index is 998. The molecule has 1 fully saturated rings. The van der Waals surface area contributed by atoms with Gasteiger partial charge in [0.15, 0.2) is 0 Å². The average molecular weight is 379 g/mol.